The van der Waals surface area contributed by atoms with E-state index in [1.165, 1.54) is 11.1 Å². The molecule has 134 valence electrons. The number of aryl methyl sites for hydroxylation is 2. The second-order valence-corrected chi connectivity index (χ2v) is 6.67. The number of para-hydroxylation sites is 3. The maximum Gasteiger partial charge on any atom is 0.261 e. The van der Waals surface area contributed by atoms with Gasteiger partial charge in [-0.2, -0.15) is 4.57 Å². The summed E-state index contributed by atoms with van der Waals surface area (Å²) in [6, 6.07) is 25.0. The molecule has 0 spiro atoms. The highest BCUT2D eigenvalue weighted by molar-refractivity contribution is 6.12. The van der Waals surface area contributed by atoms with Gasteiger partial charge < -0.3 is 33.7 Å². The summed E-state index contributed by atoms with van der Waals surface area (Å²) >= 11 is 0. The van der Waals surface area contributed by atoms with Crippen LogP contribution in [0.4, 0.5) is 11.4 Å². The van der Waals surface area contributed by atoms with Crippen molar-refractivity contribution in [2.75, 3.05) is 5.32 Å². The minimum atomic E-state index is 0. The summed E-state index contributed by atoms with van der Waals surface area (Å²) in [7, 11) is 2.10. The Morgan fingerprint density at radius 1 is 0.815 bits per heavy atom. The lowest BCUT2D eigenvalue weighted by Gasteiger charge is -2.11. The molecule has 0 aliphatic heterocycles. The monoisotopic (exact) mass is 466 g/mol. The van der Waals surface area contributed by atoms with Gasteiger partial charge in [0.2, 0.25) is 11.1 Å². The molecule has 5 rings (SSSR count). The highest BCUT2D eigenvalue weighted by atomic mass is 127. The molecular formula is C23H19IN2O. The Bertz CT molecular complexity index is 1290. The van der Waals surface area contributed by atoms with Crippen molar-refractivity contribution in [1.82, 2.24) is 0 Å². The molecule has 3 nitrogen and oxygen atoms in total. The van der Waals surface area contributed by atoms with Gasteiger partial charge in [0.15, 0.2) is 0 Å². The van der Waals surface area contributed by atoms with Crippen molar-refractivity contribution in [1.29, 1.82) is 0 Å². The van der Waals surface area contributed by atoms with E-state index in [2.05, 4.69) is 84.5 Å². The predicted octanol–water partition coefficient (Wildman–Crippen LogP) is 2.62. The van der Waals surface area contributed by atoms with Crippen LogP contribution in [-0.2, 0) is 7.05 Å². The van der Waals surface area contributed by atoms with Crippen molar-refractivity contribution in [3.63, 3.8) is 0 Å². The molecule has 0 amide bonds. The Hall–Kier alpha value is -2.60. The maximum absolute atomic E-state index is 6.30. The van der Waals surface area contributed by atoms with E-state index in [1.807, 2.05) is 12.1 Å². The normalized spacial score (nSPS) is 11.0. The molecule has 2 aromatic heterocycles. The summed E-state index contributed by atoms with van der Waals surface area (Å²) in [5.41, 5.74) is 7.37. The minimum Gasteiger partial charge on any atom is -1.00 e. The van der Waals surface area contributed by atoms with Crippen molar-refractivity contribution in [2.45, 2.75) is 6.92 Å². The number of halogens is 1. The number of anilines is 2. The zero-order valence-corrected chi connectivity index (χ0v) is 17.3. The molecule has 0 aliphatic carbocycles. The van der Waals surface area contributed by atoms with Crippen molar-refractivity contribution >= 4 is 44.3 Å². The van der Waals surface area contributed by atoms with Gasteiger partial charge in [-0.25, -0.2) is 0 Å². The van der Waals surface area contributed by atoms with E-state index in [9.17, 15) is 0 Å². The van der Waals surface area contributed by atoms with Gasteiger partial charge in [-0.15, -0.1) is 0 Å². The number of rotatable bonds is 2. The number of pyridine rings is 1. The lowest BCUT2D eigenvalue weighted by molar-refractivity contribution is -0.616. The highest BCUT2D eigenvalue weighted by Gasteiger charge is 2.24. The van der Waals surface area contributed by atoms with Gasteiger partial charge in [-0.1, -0.05) is 42.5 Å². The smallest absolute Gasteiger partial charge is 0.261 e. The fraction of sp³-hybridized carbons (Fsp3) is 0.0870. The number of hydrogen-bond acceptors (Lipinski definition) is 2. The summed E-state index contributed by atoms with van der Waals surface area (Å²) in [6.45, 7) is 2.11. The number of benzene rings is 3. The number of nitrogens with zero attached hydrogens (tertiary/aromatic N) is 1. The second-order valence-electron chi connectivity index (χ2n) is 6.67. The average Bonchev–Trinajstić information content (AvgIpc) is 3.06. The minimum absolute atomic E-state index is 0. The molecule has 3 aromatic carbocycles. The first-order valence-corrected chi connectivity index (χ1v) is 8.78. The molecule has 0 saturated carbocycles. The van der Waals surface area contributed by atoms with Crippen molar-refractivity contribution in [3.8, 4) is 0 Å². The van der Waals surface area contributed by atoms with Crippen molar-refractivity contribution < 1.29 is 33.0 Å². The Morgan fingerprint density at radius 2 is 1.48 bits per heavy atom. The number of furan rings is 1. The first-order valence-electron chi connectivity index (χ1n) is 8.78. The predicted molar refractivity (Wildman–Crippen MR) is 107 cm³/mol. The van der Waals surface area contributed by atoms with Gasteiger partial charge in [0.1, 0.15) is 18.3 Å². The van der Waals surface area contributed by atoms with Crippen LogP contribution in [0.3, 0.4) is 0 Å². The van der Waals surface area contributed by atoms with Gasteiger partial charge in [0.25, 0.3) is 5.52 Å². The molecule has 0 fully saturated rings. The third-order valence-electron chi connectivity index (χ3n) is 5.07. The quantitative estimate of drug-likeness (QED) is 0.320. The van der Waals surface area contributed by atoms with Gasteiger partial charge in [0, 0.05) is 11.8 Å². The molecule has 2 heterocycles. The van der Waals surface area contributed by atoms with Crippen LogP contribution >= 0.6 is 0 Å². The Morgan fingerprint density at radius 3 is 2.30 bits per heavy atom. The average molecular weight is 466 g/mol. The SMILES string of the molecule is Cc1ccccc1Nc1c2ccccc2[n+](C)c2c1oc1ccccc12.[I-]. The zero-order valence-electron chi connectivity index (χ0n) is 15.2. The zero-order chi connectivity index (χ0) is 17.7. The van der Waals surface area contributed by atoms with Crippen LogP contribution < -0.4 is 33.9 Å². The number of fused-ring (bicyclic) bond motifs is 4. The highest BCUT2D eigenvalue weighted by Crippen LogP contribution is 2.37. The lowest BCUT2D eigenvalue weighted by Crippen LogP contribution is -3.00. The molecule has 1 N–H and O–H groups in total. The third kappa shape index (κ3) is 2.75. The van der Waals surface area contributed by atoms with Gasteiger partial charge in [-0.05, 0) is 36.8 Å². The van der Waals surface area contributed by atoms with E-state index in [0.717, 1.165) is 38.8 Å². The van der Waals surface area contributed by atoms with E-state index in [4.69, 9.17) is 4.42 Å². The van der Waals surface area contributed by atoms with E-state index in [-0.39, 0.29) is 24.0 Å². The largest absolute Gasteiger partial charge is 1.00 e. The molecule has 0 unspecified atom stereocenters. The van der Waals surface area contributed by atoms with E-state index >= 15 is 0 Å². The van der Waals surface area contributed by atoms with Crippen LogP contribution in [0, 0.1) is 6.92 Å². The van der Waals surface area contributed by atoms with Crippen molar-refractivity contribution in [3.05, 3.63) is 78.4 Å². The molecule has 5 aromatic rings. The van der Waals surface area contributed by atoms with Crippen LogP contribution in [-0.4, -0.2) is 0 Å². The van der Waals surface area contributed by atoms with Gasteiger partial charge in [0.05, 0.1) is 10.8 Å². The summed E-state index contributed by atoms with van der Waals surface area (Å²) in [5.74, 6) is 0. The fourth-order valence-electron chi connectivity index (χ4n) is 3.73. The van der Waals surface area contributed by atoms with Gasteiger partial charge >= 0.3 is 0 Å². The van der Waals surface area contributed by atoms with Crippen LogP contribution in [0.5, 0.6) is 0 Å². The molecule has 27 heavy (non-hydrogen) atoms. The maximum atomic E-state index is 6.30. The Kier molecular flexibility index (Phi) is 4.52. The number of hydrogen-bond donors (Lipinski definition) is 1. The van der Waals surface area contributed by atoms with Crippen LogP contribution in [0.2, 0.25) is 0 Å². The lowest BCUT2D eigenvalue weighted by atomic mass is 10.1. The number of nitrogens with one attached hydrogen (secondary N) is 1. The molecule has 0 saturated heterocycles. The van der Waals surface area contributed by atoms with E-state index < -0.39 is 0 Å². The molecule has 0 aliphatic rings. The molecule has 0 atom stereocenters. The second kappa shape index (κ2) is 6.85. The molecule has 4 heteroatoms. The Labute approximate surface area is 174 Å². The summed E-state index contributed by atoms with van der Waals surface area (Å²) in [5, 5.41) is 5.91. The van der Waals surface area contributed by atoms with E-state index in [0.29, 0.717) is 0 Å². The van der Waals surface area contributed by atoms with E-state index in [1.54, 1.807) is 0 Å². The Balaban J connectivity index is 0.00000180. The first-order chi connectivity index (χ1) is 12.7. The van der Waals surface area contributed by atoms with Gasteiger partial charge in [-0.3, -0.25) is 0 Å². The fourth-order valence-corrected chi connectivity index (χ4v) is 3.73. The third-order valence-corrected chi connectivity index (χ3v) is 5.07. The van der Waals surface area contributed by atoms with Crippen LogP contribution in [0.25, 0.3) is 33.0 Å². The molecule has 0 radical (unpaired) electrons. The van der Waals surface area contributed by atoms with Crippen molar-refractivity contribution in [2.24, 2.45) is 7.05 Å². The van der Waals surface area contributed by atoms with Crippen LogP contribution in [0.1, 0.15) is 5.56 Å². The summed E-state index contributed by atoms with van der Waals surface area (Å²) in [4.78, 5) is 0. The number of aromatic nitrogens is 1. The summed E-state index contributed by atoms with van der Waals surface area (Å²) in [6.07, 6.45) is 0. The molecular weight excluding hydrogens is 447 g/mol. The van der Waals surface area contributed by atoms with Crippen LogP contribution in [0.15, 0.2) is 77.2 Å². The molecule has 0 bridgehead atoms. The standard InChI is InChI=1S/C23H18N2O.HI/c1-15-9-3-6-12-18(15)24-21-16-10-4-7-13-19(16)25(2)22-17-11-5-8-14-20(17)26-23(21)22;/h3-14H,1-2H3;1H. The first kappa shape index (κ1) is 17.8. The topological polar surface area (TPSA) is 29.1 Å². The summed E-state index contributed by atoms with van der Waals surface area (Å²) < 4.78 is 8.52.